The van der Waals surface area contributed by atoms with Crippen molar-refractivity contribution in [1.82, 2.24) is 4.31 Å². The molecule has 2 rings (SSSR count). The molecule has 1 aromatic rings. The molecule has 6 heteroatoms. The second-order valence-corrected chi connectivity index (χ2v) is 7.69. The number of aliphatic hydroxyl groups excluding tert-OH is 1. The van der Waals surface area contributed by atoms with Crippen LogP contribution in [-0.4, -0.2) is 37.0 Å². The number of halogens is 1. The summed E-state index contributed by atoms with van der Waals surface area (Å²) in [6.07, 6.45) is 1.74. The van der Waals surface area contributed by atoms with E-state index in [0.29, 0.717) is 6.54 Å². The second kappa shape index (κ2) is 6.02. The Labute approximate surface area is 125 Å². The molecule has 20 heavy (non-hydrogen) atoms. The zero-order chi connectivity index (χ0) is 14.9. The van der Waals surface area contributed by atoms with Gasteiger partial charge in [-0.25, -0.2) is 8.42 Å². The molecule has 1 aromatic carbocycles. The molecule has 1 aliphatic heterocycles. The summed E-state index contributed by atoms with van der Waals surface area (Å²) in [5, 5.41) is 9.75. The molecular weight excluding hydrogens is 298 g/mol. The number of piperidine rings is 1. The van der Waals surface area contributed by atoms with Crippen LogP contribution in [0.3, 0.4) is 0 Å². The Kier molecular flexibility index (Phi) is 4.74. The Bertz CT molecular complexity index is 588. The summed E-state index contributed by atoms with van der Waals surface area (Å²) in [7, 11) is -3.66. The standard InChI is InChI=1S/C14H20ClNO3S/c1-10-5-6-14(12(15)8-10)20(18,19)16-7-3-4-11(2)13(16)9-17/h5-6,8,11,13,17H,3-4,7,9H2,1-2H3. The van der Waals surface area contributed by atoms with Gasteiger partial charge in [0.1, 0.15) is 4.90 Å². The van der Waals surface area contributed by atoms with Crippen molar-refractivity contribution in [3.63, 3.8) is 0 Å². The Balaban J connectivity index is 2.43. The van der Waals surface area contributed by atoms with Crippen LogP contribution in [0.5, 0.6) is 0 Å². The molecule has 2 unspecified atom stereocenters. The number of hydrogen-bond acceptors (Lipinski definition) is 3. The summed E-state index contributed by atoms with van der Waals surface area (Å²) in [5.41, 5.74) is 0.916. The van der Waals surface area contributed by atoms with Crippen molar-refractivity contribution in [3.8, 4) is 0 Å². The molecule has 4 nitrogen and oxygen atoms in total. The minimum Gasteiger partial charge on any atom is -0.395 e. The van der Waals surface area contributed by atoms with Gasteiger partial charge in [0.2, 0.25) is 10.0 Å². The Morgan fingerprint density at radius 1 is 1.45 bits per heavy atom. The zero-order valence-corrected chi connectivity index (χ0v) is 13.3. The molecule has 1 heterocycles. The van der Waals surface area contributed by atoms with E-state index < -0.39 is 10.0 Å². The summed E-state index contributed by atoms with van der Waals surface area (Å²) in [5.74, 6) is 0.146. The third kappa shape index (κ3) is 2.86. The van der Waals surface area contributed by atoms with Crippen LogP contribution >= 0.6 is 11.6 Å². The van der Waals surface area contributed by atoms with Gasteiger partial charge < -0.3 is 5.11 Å². The normalized spacial score (nSPS) is 24.8. The van der Waals surface area contributed by atoms with Crippen molar-refractivity contribution in [2.24, 2.45) is 5.92 Å². The molecule has 1 saturated heterocycles. The van der Waals surface area contributed by atoms with Gasteiger partial charge in [-0.2, -0.15) is 4.31 Å². The largest absolute Gasteiger partial charge is 0.395 e. The average molecular weight is 318 g/mol. The van der Waals surface area contributed by atoms with Crippen molar-refractivity contribution in [2.45, 2.75) is 37.6 Å². The van der Waals surface area contributed by atoms with Crippen LogP contribution < -0.4 is 0 Å². The summed E-state index contributed by atoms with van der Waals surface area (Å²) < 4.78 is 26.9. The van der Waals surface area contributed by atoms with Crippen LogP contribution in [0.25, 0.3) is 0 Å². The molecule has 0 bridgehead atoms. The Morgan fingerprint density at radius 2 is 2.15 bits per heavy atom. The first kappa shape index (κ1) is 15.8. The van der Waals surface area contributed by atoms with E-state index in [-0.39, 0.29) is 28.5 Å². The van der Waals surface area contributed by atoms with Gasteiger partial charge in [-0.1, -0.05) is 24.6 Å². The maximum atomic E-state index is 12.8. The fraction of sp³-hybridized carbons (Fsp3) is 0.571. The number of hydrogen-bond donors (Lipinski definition) is 1. The van der Waals surface area contributed by atoms with E-state index in [2.05, 4.69) is 0 Å². The second-order valence-electron chi connectivity index (χ2n) is 5.42. The van der Waals surface area contributed by atoms with Crippen molar-refractivity contribution in [2.75, 3.05) is 13.2 Å². The van der Waals surface area contributed by atoms with Crippen LogP contribution in [0.2, 0.25) is 5.02 Å². The van der Waals surface area contributed by atoms with Crippen molar-refractivity contribution in [3.05, 3.63) is 28.8 Å². The van der Waals surface area contributed by atoms with Crippen molar-refractivity contribution in [1.29, 1.82) is 0 Å². The maximum Gasteiger partial charge on any atom is 0.244 e. The lowest BCUT2D eigenvalue weighted by atomic mass is 9.93. The van der Waals surface area contributed by atoms with Crippen LogP contribution in [0.1, 0.15) is 25.3 Å². The number of nitrogens with zero attached hydrogens (tertiary/aromatic N) is 1. The fourth-order valence-electron chi connectivity index (χ4n) is 2.72. The smallest absolute Gasteiger partial charge is 0.244 e. The molecule has 0 radical (unpaired) electrons. The highest BCUT2D eigenvalue weighted by molar-refractivity contribution is 7.89. The van der Waals surface area contributed by atoms with E-state index in [1.54, 1.807) is 18.2 Å². The average Bonchev–Trinajstić information content (AvgIpc) is 2.37. The molecule has 0 spiro atoms. The van der Waals surface area contributed by atoms with E-state index in [1.807, 2.05) is 13.8 Å². The molecule has 112 valence electrons. The Morgan fingerprint density at radius 3 is 2.75 bits per heavy atom. The van der Waals surface area contributed by atoms with Gasteiger partial charge >= 0.3 is 0 Å². The highest BCUT2D eigenvalue weighted by Crippen LogP contribution is 2.32. The van der Waals surface area contributed by atoms with Crippen LogP contribution in [0.15, 0.2) is 23.1 Å². The van der Waals surface area contributed by atoms with E-state index in [9.17, 15) is 13.5 Å². The van der Waals surface area contributed by atoms with Crippen molar-refractivity contribution < 1.29 is 13.5 Å². The molecule has 0 saturated carbocycles. The zero-order valence-electron chi connectivity index (χ0n) is 11.7. The lowest BCUT2D eigenvalue weighted by molar-refractivity contribution is 0.113. The topological polar surface area (TPSA) is 57.6 Å². The predicted octanol–water partition coefficient (Wildman–Crippen LogP) is 2.43. The number of sulfonamides is 1. The molecule has 1 N–H and O–H groups in total. The number of aliphatic hydroxyl groups is 1. The number of aryl methyl sites for hydroxylation is 1. The van der Waals surface area contributed by atoms with Gasteiger partial charge in [0.05, 0.1) is 17.7 Å². The van der Waals surface area contributed by atoms with Gasteiger partial charge in [0, 0.05) is 6.54 Å². The molecular formula is C14H20ClNO3S. The highest BCUT2D eigenvalue weighted by Gasteiger charge is 2.37. The summed E-state index contributed by atoms with van der Waals surface area (Å²) in [6.45, 7) is 4.10. The minimum absolute atomic E-state index is 0.123. The monoisotopic (exact) mass is 317 g/mol. The number of benzene rings is 1. The van der Waals surface area contributed by atoms with E-state index in [1.165, 1.54) is 4.31 Å². The van der Waals surface area contributed by atoms with Gasteiger partial charge in [-0.05, 0) is 43.4 Å². The van der Waals surface area contributed by atoms with Crippen molar-refractivity contribution >= 4 is 21.6 Å². The third-order valence-electron chi connectivity index (χ3n) is 3.93. The fourth-order valence-corrected chi connectivity index (χ4v) is 5.05. The quantitative estimate of drug-likeness (QED) is 0.931. The highest BCUT2D eigenvalue weighted by atomic mass is 35.5. The molecule has 1 aliphatic rings. The van der Waals surface area contributed by atoms with Gasteiger partial charge in [-0.3, -0.25) is 0 Å². The third-order valence-corrected chi connectivity index (χ3v) is 6.33. The lowest BCUT2D eigenvalue weighted by Crippen LogP contribution is -2.49. The molecule has 0 aliphatic carbocycles. The summed E-state index contributed by atoms with van der Waals surface area (Å²) in [6, 6.07) is 4.56. The summed E-state index contributed by atoms with van der Waals surface area (Å²) >= 11 is 6.09. The maximum absolute atomic E-state index is 12.8. The predicted molar refractivity (Wildman–Crippen MR) is 79.4 cm³/mol. The minimum atomic E-state index is -3.66. The van der Waals surface area contributed by atoms with Crippen LogP contribution in [0.4, 0.5) is 0 Å². The molecule has 0 aromatic heterocycles. The van der Waals surface area contributed by atoms with Gasteiger partial charge in [0.25, 0.3) is 0 Å². The van der Waals surface area contributed by atoms with E-state index in [0.717, 1.165) is 18.4 Å². The number of rotatable bonds is 3. The molecule has 2 atom stereocenters. The van der Waals surface area contributed by atoms with Crippen LogP contribution in [-0.2, 0) is 10.0 Å². The first-order valence-corrected chi connectivity index (χ1v) is 8.58. The molecule has 1 fully saturated rings. The first-order chi connectivity index (χ1) is 9.37. The first-order valence-electron chi connectivity index (χ1n) is 6.76. The molecule has 0 amide bonds. The lowest BCUT2D eigenvalue weighted by Gasteiger charge is -2.38. The summed E-state index contributed by atoms with van der Waals surface area (Å²) in [4.78, 5) is 0.123. The SMILES string of the molecule is Cc1ccc(S(=O)(=O)N2CCCC(C)C2CO)c(Cl)c1. The van der Waals surface area contributed by atoms with Gasteiger partial charge in [0.15, 0.2) is 0 Å². The van der Waals surface area contributed by atoms with E-state index >= 15 is 0 Å². The van der Waals surface area contributed by atoms with E-state index in [4.69, 9.17) is 11.6 Å². The van der Waals surface area contributed by atoms with Gasteiger partial charge in [-0.15, -0.1) is 0 Å². The Hall–Kier alpha value is -0.620. The van der Waals surface area contributed by atoms with Crippen LogP contribution in [0, 0.1) is 12.8 Å².